The monoisotopic (exact) mass is 385 g/mol. The smallest absolute Gasteiger partial charge is 0.226 e. The van der Waals surface area contributed by atoms with Crippen molar-refractivity contribution in [2.24, 2.45) is 10.8 Å². The first-order valence-electron chi connectivity index (χ1n) is 8.97. The van der Waals surface area contributed by atoms with Crippen LogP contribution in [0.3, 0.4) is 0 Å². The predicted molar refractivity (Wildman–Crippen MR) is 107 cm³/mol. The van der Waals surface area contributed by atoms with Gasteiger partial charge in [0, 0.05) is 25.3 Å². The van der Waals surface area contributed by atoms with E-state index in [4.69, 9.17) is 0 Å². The topological polar surface area (TPSA) is 44.4 Å². The van der Waals surface area contributed by atoms with Crippen LogP contribution < -0.4 is 15.5 Å². The molecule has 2 aliphatic heterocycles. The molecule has 2 N–H and O–H groups in total. The van der Waals surface area contributed by atoms with Crippen molar-refractivity contribution in [3.05, 3.63) is 29.8 Å². The van der Waals surface area contributed by atoms with Gasteiger partial charge in [0.15, 0.2) is 0 Å². The molecule has 3 aliphatic rings. The number of anilines is 1. The van der Waals surface area contributed by atoms with Gasteiger partial charge in [-0.3, -0.25) is 4.79 Å². The van der Waals surface area contributed by atoms with Crippen molar-refractivity contribution >= 4 is 36.4 Å². The van der Waals surface area contributed by atoms with Gasteiger partial charge in [0.05, 0.1) is 5.41 Å². The van der Waals surface area contributed by atoms with Gasteiger partial charge in [0.1, 0.15) is 0 Å². The van der Waals surface area contributed by atoms with E-state index in [1.54, 1.807) is 0 Å². The summed E-state index contributed by atoms with van der Waals surface area (Å²) in [5.41, 5.74) is 2.93. The van der Waals surface area contributed by atoms with Gasteiger partial charge in [0.2, 0.25) is 5.91 Å². The van der Waals surface area contributed by atoms with E-state index in [0.29, 0.717) is 0 Å². The zero-order chi connectivity index (χ0) is 15.9. The molecule has 140 valence electrons. The first kappa shape index (κ1) is 20.3. The van der Waals surface area contributed by atoms with E-state index in [9.17, 15) is 4.79 Å². The van der Waals surface area contributed by atoms with Crippen molar-refractivity contribution in [1.29, 1.82) is 0 Å². The third-order valence-electron chi connectivity index (χ3n) is 6.45. The minimum atomic E-state index is -0.127. The molecule has 1 aromatic rings. The number of rotatable bonds is 4. The van der Waals surface area contributed by atoms with Crippen LogP contribution in [-0.4, -0.2) is 38.6 Å². The largest absolute Gasteiger partial charge is 0.369 e. The molecule has 4 rings (SSSR count). The summed E-state index contributed by atoms with van der Waals surface area (Å²) in [7, 11) is 0. The summed E-state index contributed by atoms with van der Waals surface area (Å²) in [6, 6.07) is 8.61. The Kier molecular flexibility index (Phi) is 6.29. The van der Waals surface area contributed by atoms with Crippen molar-refractivity contribution in [1.82, 2.24) is 10.6 Å². The molecule has 25 heavy (non-hydrogen) atoms. The Morgan fingerprint density at radius 2 is 1.96 bits per heavy atom. The number of carbonyl (C=O) groups is 1. The number of hydrogen-bond donors (Lipinski definition) is 2. The number of halogens is 2. The van der Waals surface area contributed by atoms with Crippen LogP contribution in [0.5, 0.6) is 0 Å². The lowest BCUT2D eigenvalue weighted by molar-refractivity contribution is -0.127. The molecule has 1 aromatic carbocycles. The molecule has 1 unspecified atom stereocenters. The van der Waals surface area contributed by atoms with E-state index in [1.165, 1.54) is 11.3 Å². The number of benzene rings is 1. The Morgan fingerprint density at radius 1 is 1.24 bits per heavy atom. The summed E-state index contributed by atoms with van der Waals surface area (Å²) in [6.45, 7) is 7.02. The number of nitrogens with zero attached hydrogens (tertiary/aromatic N) is 1. The van der Waals surface area contributed by atoms with Crippen LogP contribution in [0.15, 0.2) is 24.3 Å². The predicted octanol–water partition coefficient (Wildman–Crippen LogP) is 2.79. The zero-order valence-corrected chi connectivity index (χ0v) is 16.5. The lowest BCUT2D eigenvalue weighted by Crippen LogP contribution is -2.41. The molecule has 2 fully saturated rings. The van der Waals surface area contributed by atoms with Crippen LogP contribution in [0.2, 0.25) is 0 Å². The quantitative estimate of drug-likeness (QED) is 0.837. The number of carbonyl (C=O) groups excluding carboxylic acids is 1. The standard InChI is InChI=1S/C19H27N3O.2ClH/c1-18(14-19(18)7-9-20-10-8-19)17(23)21-11-13-22-12-6-15-4-2-3-5-16(15)22;;/h2-5,20H,6-14H2,1H3,(H,21,23);2*1H. The molecule has 2 heterocycles. The zero-order valence-electron chi connectivity index (χ0n) is 14.8. The SMILES string of the molecule is CC1(C(=O)NCCN2CCc3ccccc32)CC12CCNCC2.Cl.Cl. The molecule has 1 saturated heterocycles. The van der Waals surface area contributed by atoms with Crippen LogP contribution in [0.25, 0.3) is 0 Å². The molecular weight excluding hydrogens is 357 g/mol. The van der Waals surface area contributed by atoms with Crippen molar-refractivity contribution in [3.8, 4) is 0 Å². The maximum absolute atomic E-state index is 12.7. The highest BCUT2D eigenvalue weighted by Gasteiger charge is 2.67. The van der Waals surface area contributed by atoms with Crippen molar-refractivity contribution in [2.75, 3.05) is 37.6 Å². The van der Waals surface area contributed by atoms with Gasteiger partial charge in [-0.05, 0) is 55.8 Å². The average Bonchev–Trinajstić information content (AvgIpc) is 2.95. The number of piperidine rings is 1. The summed E-state index contributed by atoms with van der Waals surface area (Å²) in [4.78, 5) is 15.1. The highest BCUT2D eigenvalue weighted by Crippen LogP contribution is 2.68. The van der Waals surface area contributed by atoms with Crippen LogP contribution in [0.4, 0.5) is 5.69 Å². The maximum Gasteiger partial charge on any atom is 0.226 e. The Hall–Kier alpha value is -0.970. The highest BCUT2D eigenvalue weighted by molar-refractivity contribution is 5.86. The summed E-state index contributed by atoms with van der Waals surface area (Å²) >= 11 is 0. The van der Waals surface area contributed by atoms with Crippen LogP contribution in [0.1, 0.15) is 31.7 Å². The number of hydrogen-bond acceptors (Lipinski definition) is 3. The van der Waals surface area contributed by atoms with Crippen LogP contribution in [-0.2, 0) is 11.2 Å². The fourth-order valence-corrected chi connectivity index (χ4v) is 4.73. The van der Waals surface area contributed by atoms with Gasteiger partial charge >= 0.3 is 0 Å². The van der Waals surface area contributed by atoms with Crippen molar-refractivity contribution in [2.45, 2.75) is 32.6 Å². The lowest BCUT2D eigenvalue weighted by atomic mass is 9.85. The Labute approximate surface area is 162 Å². The second-order valence-corrected chi connectivity index (χ2v) is 7.66. The Morgan fingerprint density at radius 3 is 2.72 bits per heavy atom. The van der Waals surface area contributed by atoms with E-state index in [-0.39, 0.29) is 41.6 Å². The minimum absolute atomic E-state index is 0. The number of nitrogens with one attached hydrogen (secondary N) is 2. The average molecular weight is 386 g/mol. The van der Waals surface area contributed by atoms with Crippen LogP contribution >= 0.6 is 24.8 Å². The Balaban J connectivity index is 0.00000113. The first-order chi connectivity index (χ1) is 11.1. The number of fused-ring (bicyclic) bond motifs is 1. The Bertz CT molecular complexity index is 618. The maximum atomic E-state index is 12.7. The number of amides is 1. The molecule has 1 atom stereocenters. The van der Waals surface area contributed by atoms with E-state index in [1.807, 2.05) is 0 Å². The summed E-state index contributed by atoms with van der Waals surface area (Å²) in [6.07, 6.45) is 4.49. The normalized spacial score (nSPS) is 25.6. The van der Waals surface area contributed by atoms with Crippen LogP contribution in [0, 0.1) is 10.8 Å². The number of para-hydroxylation sites is 1. The van der Waals surface area contributed by atoms with E-state index < -0.39 is 0 Å². The van der Waals surface area contributed by atoms with Gasteiger partial charge in [-0.1, -0.05) is 25.1 Å². The second-order valence-electron chi connectivity index (χ2n) is 7.66. The highest BCUT2D eigenvalue weighted by atomic mass is 35.5. The van der Waals surface area contributed by atoms with Crippen molar-refractivity contribution in [3.63, 3.8) is 0 Å². The van der Waals surface area contributed by atoms with Gasteiger partial charge in [-0.15, -0.1) is 24.8 Å². The third-order valence-corrected chi connectivity index (χ3v) is 6.45. The summed E-state index contributed by atoms with van der Waals surface area (Å²) in [5, 5.41) is 6.62. The molecule has 1 spiro atoms. The molecular formula is C19H29Cl2N3O. The fourth-order valence-electron chi connectivity index (χ4n) is 4.73. The molecule has 6 heteroatoms. The molecule has 0 bridgehead atoms. The summed E-state index contributed by atoms with van der Waals surface area (Å²) in [5.74, 6) is 0.270. The van der Waals surface area contributed by atoms with Gasteiger partial charge in [-0.2, -0.15) is 0 Å². The lowest BCUT2D eigenvalue weighted by Gasteiger charge is -2.27. The molecule has 0 aromatic heterocycles. The van der Waals surface area contributed by atoms with E-state index >= 15 is 0 Å². The second kappa shape index (κ2) is 7.73. The molecule has 1 saturated carbocycles. The van der Waals surface area contributed by atoms with Gasteiger partial charge in [0.25, 0.3) is 0 Å². The third kappa shape index (κ3) is 3.49. The fraction of sp³-hybridized carbons (Fsp3) is 0.632. The minimum Gasteiger partial charge on any atom is -0.369 e. The molecule has 1 amide bonds. The molecule has 1 aliphatic carbocycles. The van der Waals surface area contributed by atoms with Gasteiger partial charge < -0.3 is 15.5 Å². The van der Waals surface area contributed by atoms with Crippen molar-refractivity contribution < 1.29 is 4.79 Å². The molecule has 0 radical (unpaired) electrons. The van der Waals surface area contributed by atoms with E-state index in [0.717, 1.165) is 58.4 Å². The van der Waals surface area contributed by atoms with E-state index in [2.05, 4.69) is 46.7 Å². The first-order valence-corrected chi connectivity index (χ1v) is 8.97. The summed E-state index contributed by atoms with van der Waals surface area (Å²) < 4.78 is 0. The molecule has 4 nitrogen and oxygen atoms in total. The van der Waals surface area contributed by atoms with Gasteiger partial charge in [-0.25, -0.2) is 0 Å².